The smallest absolute Gasteiger partial charge is 0.264 e. The van der Waals surface area contributed by atoms with Crippen molar-refractivity contribution in [3.05, 3.63) is 40.1 Å². The average molecular weight is 392 g/mol. The molecular formula is C14H15Cl2N3O4S. The van der Waals surface area contributed by atoms with Crippen LogP contribution in [0.1, 0.15) is 19.5 Å². The lowest BCUT2D eigenvalue weighted by Gasteiger charge is -2.18. The van der Waals surface area contributed by atoms with Crippen LogP contribution in [0.5, 0.6) is 5.88 Å². The number of hydrogen-bond acceptors (Lipinski definition) is 6. The van der Waals surface area contributed by atoms with E-state index in [2.05, 4.69) is 14.7 Å². The fourth-order valence-electron chi connectivity index (χ4n) is 1.75. The van der Waals surface area contributed by atoms with Crippen LogP contribution in [-0.2, 0) is 15.6 Å². The molecule has 130 valence electrons. The van der Waals surface area contributed by atoms with Gasteiger partial charge >= 0.3 is 0 Å². The van der Waals surface area contributed by atoms with E-state index in [1.165, 1.54) is 45.4 Å². The Balaban J connectivity index is 2.45. The molecule has 0 spiro atoms. The van der Waals surface area contributed by atoms with Crippen LogP contribution in [0.4, 0.5) is 5.82 Å². The Hall–Kier alpha value is -1.61. The zero-order valence-electron chi connectivity index (χ0n) is 13.0. The summed E-state index contributed by atoms with van der Waals surface area (Å²) in [6.07, 6.45) is 1.25. The monoisotopic (exact) mass is 391 g/mol. The van der Waals surface area contributed by atoms with Crippen LogP contribution < -0.4 is 9.46 Å². The third kappa shape index (κ3) is 3.89. The summed E-state index contributed by atoms with van der Waals surface area (Å²) in [5, 5.41) is 9.95. The van der Waals surface area contributed by atoms with E-state index in [4.69, 9.17) is 27.9 Å². The van der Waals surface area contributed by atoms with Gasteiger partial charge in [0.25, 0.3) is 15.9 Å². The molecule has 0 unspecified atom stereocenters. The molecule has 0 amide bonds. The SMILES string of the molecule is COc1nc(C(C)(C)O)cnc1NS(=O)(=O)c1cccc(Cl)c1Cl. The number of aliphatic hydroxyl groups is 1. The molecule has 0 atom stereocenters. The van der Waals surface area contributed by atoms with E-state index in [1.54, 1.807) is 0 Å². The molecule has 7 nitrogen and oxygen atoms in total. The molecular weight excluding hydrogens is 377 g/mol. The highest BCUT2D eigenvalue weighted by Crippen LogP contribution is 2.31. The molecule has 0 aliphatic carbocycles. The van der Waals surface area contributed by atoms with Crippen LogP contribution in [0.3, 0.4) is 0 Å². The van der Waals surface area contributed by atoms with Crippen molar-refractivity contribution in [1.82, 2.24) is 9.97 Å². The minimum Gasteiger partial charge on any atom is -0.478 e. The number of anilines is 1. The second-order valence-electron chi connectivity index (χ2n) is 5.33. The summed E-state index contributed by atoms with van der Waals surface area (Å²) in [4.78, 5) is 7.82. The zero-order valence-corrected chi connectivity index (χ0v) is 15.4. The second kappa shape index (κ2) is 6.72. The maximum Gasteiger partial charge on any atom is 0.264 e. The Labute approximate surface area is 149 Å². The highest BCUT2D eigenvalue weighted by atomic mass is 35.5. The molecule has 0 fully saturated rings. The number of nitrogens with one attached hydrogen (secondary N) is 1. The number of nitrogens with zero attached hydrogens (tertiary/aromatic N) is 2. The second-order valence-corrected chi connectivity index (χ2v) is 7.77. The molecule has 1 aromatic carbocycles. The quantitative estimate of drug-likeness (QED) is 0.812. The van der Waals surface area contributed by atoms with Gasteiger partial charge < -0.3 is 9.84 Å². The molecule has 0 saturated carbocycles. The van der Waals surface area contributed by atoms with Gasteiger partial charge in [-0.05, 0) is 26.0 Å². The van der Waals surface area contributed by atoms with Crippen LogP contribution in [0.15, 0.2) is 29.3 Å². The number of sulfonamides is 1. The Morgan fingerprint density at radius 1 is 1.29 bits per heavy atom. The van der Waals surface area contributed by atoms with Gasteiger partial charge in [0, 0.05) is 0 Å². The largest absolute Gasteiger partial charge is 0.478 e. The van der Waals surface area contributed by atoms with Crippen molar-refractivity contribution in [1.29, 1.82) is 0 Å². The van der Waals surface area contributed by atoms with Gasteiger partial charge in [0.15, 0.2) is 0 Å². The van der Waals surface area contributed by atoms with Crippen molar-refractivity contribution in [3.63, 3.8) is 0 Å². The third-order valence-corrected chi connectivity index (χ3v) is 5.31. The van der Waals surface area contributed by atoms with Gasteiger partial charge in [0.2, 0.25) is 5.82 Å². The van der Waals surface area contributed by atoms with E-state index in [0.29, 0.717) is 0 Å². The van der Waals surface area contributed by atoms with Crippen molar-refractivity contribution in [2.45, 2.75) is 24.3 Å². The molecule has 1 heterocycles. The van der Waals surface area contributed by atoms with E-state index in [9.17, 15) is 13.5 Å². The molecule has 0 aliphatic heterocycles. The molecule has 0 saturated heterocycles. The molecule has 0 bridgehead atoms. The maximum absolute atomic E-state index is 12.5. The van der Waals surface area contributed by atoms with Gasteiger partial charge in [-0.2, -0.15) is 0 Å². The minimum absolute atomic E-state index is 0.0867. The van der Waals surface area contributed by atoms with E-state index in [1.807, 2.05) is 0 Å². The van der Waals surface area contributed by atoms with Gasteiger partial charge in [-0.1, -0.05) is 29.3 Å². The summed E-state index contributed by atoms with van der Waals surface area (Å²) in [6, 6.07) is 4.24. The van der Waals surface area contributed by atoms with Crippen molar-refractivity contribution in [2.24, 2.45) is 0 Å². The number of methoxy groups -OCH3 is 1. The zero-order chi connectivity index (χ0) is 18.1. The predicted octanol–water partition coefficient (Wildman–Crippen LogP) is 2.82. The van der Waals surface area contributed by atoms with Crippen molar-refractivity contribution in [2.75, 3.05) is 11.8 Å². The average Bonchev–Trinajstić information content (AvgIpc) is 2.48. The molecule has 1 aromatic heterocycles. The first-order chi connectivity index (χ1) is 11.1. The Kier molecular flexibility index (Phi) is 5.24. The Morgan fingerprint density at radius 2 is 1.96 bits per heavy atom. The molecule has 0 radical (unpaired) electrons. The Morgan fingerprint density at radius 3 is 2.54 bits per heavy atom. The van der Waals surface area contributed by atoms with Crippen LogP contribution >= 0.6 is 23.2 Å². The summed E-state index contributed by atoms with van der Waals surface area (Å²) in [5.41, 5.74) is -1.03. The fraction of sp³-hybridized carbons (Fsp3) is 0.286. The Bertz CT molecular complexity index is 867. The number of halogens is 2. The molecule has 24 heavy (non-hydrogen) atoms. The lowest BCUT2D eigenvalue weighted by atomic mass is 10.1. The number of ether oxygens (including phenoxy) is 1. The first kappa shape index (κ1) is 18.7. The predicted molar refractivity (Wildman–Crippen MR) is 91.1 cm³/mol. The van der Waals surface area contributed by atoms with E-state index in [0.717, 1.165) is 0 Å². The van der Waals surface area contributed by atoms with Gasteiger partial charge in [-0.15, -0.1) is 0 Å². The first-order valence-corrected chi connectivity index (χ1v) is 8.91. The molecule has 2 N–H and O–H groups in total. The number of aromatic nitrogens is 2. The molecule has 2 rings (SSSR count). The van der Waals surface area contributed by atoms with Gasteiger partial charge in [-0.3, -0.25) is 4.72 Å². The highest BCUT2D eigenvalue weighted by Gasteiger charge is 2.25. The summed E-state index contributed by atoms with van der Waals surface area (Å²) in [5.74, 6) is -0.224. The standard InChI is InChI=1S/C14H15Cl2N3O4S/c1-14(2,20)10-7-17-12(13(18-10)23-3)19-24(21,22)9-6-4-5-8(15)11(9)16/h4-7,20H,1-3H3,(H,17,19). The molecule has 10 heteroatoms. The summed E-state index contributed by atoms with van der Waals surface area (Å²) in [6.45, 7) is 3.04. The number of rotatable bonds is 5. The lowest BCUT2D eigenvalue weighted by molar-refractivity contribution is 0.0727. The van der Waals surface area contributed by atoms with Gasteiger partial charge in [0.05, 0.1) is 29.0 Å². The number of benzene rings is 1. The van der Waals surface area contributed by atoms with Crippen molar-refractivity contribution < 1.29 is 18.3 Å². The van der Waals surface area contributed by atoms with Gasteiger partial charge in [-0.25, -0.2) is 18.4 Å². The van der Waals surface area contributed by atoms with Crippen molar-refractivity contribution in [3.8, 4) is 5.88 Å². The van der Waals surface area contributed by atoms with E-state index in [-0.39, 0.29) is 32.3 Å². The topological polar surface area (TPSA) is 101 Å². The van der Waals surface area contributed by atoms with Crippen LogP contribution in [0, 0.1) is 0 Å². The first-order valence-electron chi connectivity index (χ1n) is 6.67. The van der Waals surface area contributed by atoms with Crippen LogP contribution in [-0.4, -0.2) is 30.6 Å². The van der Waals surface area contributed by atoms with Crippen molar-refractivity contribution >= 4 is 39.0 Å². The number of hydrogen-bond donors (Lipinski definition) is 2. The summed E-state index contributed by atoms with van der Waals surface area (Å²) >= 11 is 11.8. The van der Waals surface area contributed by atoms with E-state index < -0.39 is 15.6 Å². The normalized spacial score (nSPS) is 12.1. The summed E-state index contributed by atoms with van der Waals surface area (Å²) in [7, 11) is -2.75. The molecule has 0 aliphatic rings. The summed E-state index contributed by atoms with van der Waals surface area (Å²) < 4.78 is 32.3. The minimum atomic E-state index is -4.06. The lowest BCUT2D eigenvalue weighted by Crippen LogP contribution is -2.20. The highest BCUT2D eigenvalue weighted by molar-refractivity contribution is 7.92. The maximum atomic E-state index is 12.5. The van der Waals surface area contributed by atoms with E-state index >= 15 is 0 Å². The van der Waals surface area contributed by atoms with Crippen LogP contribution in [0.25, 0.3) is 0 Å². The van der Waals surface area contributed by atoms with Gasteiger partial charge in [0.1, 0.15) is 10.5 Å². The third-order valence-electron chi connectivity index (χ3n) is 3.00. The van der Waals surface area contributed by atoms with Crippen LogP contribution in [0.2, 0.25) is 10.0 Å². The molecule has 2 aromatic rings. The fourth-order valence-corrected chi connectivity index (χ4v) is 3.52.